The van der Waals surface area contributed by atoms with Gasteiger partial charge < -0.3 is 10.7 Å². The van der Waals surface area contributed by atoms with Gasteiger partial charge in [0.15, 0.2) is 5.78 Å². The molecule has 1 aromatic carbocycles. The van der Waals surface area contributed by atoms with Crippen LogP contribution in [0.4, 0.5) is 0 Å². The number of carbonyl (C=O) groups excluding carboxylic acids is 1. The Labute approximate surface area is 173 Å². The van der Waals surface area contributed by atoms with Gasteiger partial charge in [0.2, 0.25) is 10.0 Å². The Hall–Kier alpha value is -2.03. The number of nitrogens with two attached hydrogens (primary N) is 1. The molecule has 0 saturated heterocycles. The molecule has 0 aliphatic rings. The zero-order valence-corrected chi connectivity index (χ0v) is 18.7. The second kappa shape index (κ2) is 9.19. The molecule has 7 nitrogen and oxygen atoms in total. The van der Waals surface area contributed by atoms with Crippen LogP contribution in [0.3, 0.4) is 0 Å². The SMILES string of the molecule is CC(=O)c1ccc(S(=O)(=O)N(C(Cc2cnc[nH]2)C(C)C)C(C)(C)CCN)cc1. The van der Waals surface area contributed by atoms with Crippen molar-refractivity contribution in [2.24, 2.45) is 11.7 Å². The fraction of sp³-hybridized carbons (Fsp3) is 0.524. The van der Waals surface area contributed by atoms with Crippen LogP contribution in [-0.2, 0) is 16.4 Å². The number of nitrogens with one attached hydrogen (secondary N) is 1. The van der Waals surface area contributed by atoms with Crippen LogP contribution in [-0.4, -0.2) is 46.6 Å². The van der Waals surface area contributed by atoms with E-state index in [2.05, 4.69) is 9.97 Å². The molecule has 0 spiro atoms. The molecule has 8 heteroatoms. The Kier molecular flexibility index (Phi) is 7.37. The van der Waals surface area contributed by atoms with Crippen molar-refractivity contribution in [1.82, 2.24) is 14.3 Å². The molecule has 3 N–H and O–H groups in total. The normalized spacial score (nSPS) is 13.8. The lowest BCUT2D eigenvalue weighted by molar-refractivity contribution is 0.101. The minimum Gasteiger partial charge on any atom is -0.348 e. The predicted octanol–water partition coefficient (Wildman–Crippen LogP) is 3.00. The third-order valence-corrected chi connectivity index (χ3v) is 7.38. The van der Waals surface area contributed by atoms with Crippen LogP contribution < -0.4 is 5.73 Å². The first-order valence-corrected chi connectivity index (χ1v) is 11.3. The van der Waals surface area contributed by atoms with Crippen molar-refractivity contribution < 1.29 is 13.2 Å². The summed E-state index contributed by atoms with van der Waals surface area (Å²) in [6, 6.07) is 5.83. The van der Waals surface area contributed by atoms with E-state index in [4.69, 9.17) is 5.73 Å². The van der Waals surface area contributed by atoms with E-state index in [0.29, 0.717) is 24.9 Å². The lowest BCUT2D eigenvalue weighted by Crippen LogP contribution is -2.56. The van der Waals surface area contributed by atoms with E-state index in [0.717, 1.165) is 5.69 Å². The average molecular weight is 421 g/mol. The summed E-state index contributed by atoms with van der Waals surface area (Å²) in [6.07, 6.45) is 4.34. The Morgan fingerprint density at radius 2 is 1.86 bits per heavy atom. The molecule has 0 amide bonds. The van der Waals surface area contributed by atoms with Crippen molar-refractivity contribution >= 4 is 15.8 Å². The highest BCUT2D eigenvalue weighted by Crippen LogP contribution is 2.33. The minimum absolute atomic E-state index is 0.0571. The summed E-state index contributed by atoms with van der Waals surface area (Å²) in [4.78, 5) is 18.9. The number of benzene rings is 1. The van der Waals surface area contributed by atoms with Crippen LogP contribution in [0.5, 0.6) is 0 Å². The van der Waals surface area contributed by atoms with E-state index in [1.165, 1.54) is 19.1 Å². The van der Waals surface area contributed by atoms with Gasteiger partial charge in [-0.15, -0.1) is 0 Å². The molecule has 2 aromatic rings. The fourth-order valence-corrected chi connectivity index (χ4v) is 5.73. The van der Waals surface area contributed by atoms with E-state index < -0.39 is 15.6 Å². The first-order chi connectivity index (χ1) is 13.5. The fourth-order valence-electron chi connectivity index (χ4n) is 3.60. The largest absolute Gasteiger partial charge is 0.348 e. The summed E-state index contributed by atoms with van der Waals surface area (Å²) in [6.45, 7) is 9.67. The van der Waals surface area contributed by atoms with E-state index in [-0.39, 0.29) is 22.6 Å². The summed E-state index contributed by atoms with van der Waals surface area (Å²) < 4.78 is 29.2. The van der Waals surface area contributed by atoms with Gasteiger partial charge in [-0.1, -0.05) is 26.0 Å². The van der Waals surface area contributed by atoms with Crippen LogP contribution in [0.1, 0.15) is 57.1 Å². The average Bonchev–Trinajstić information content (AvgIpc) is 3.13. The number of Topliss-reactive ketones (excluding diaryl/α,β-unsaturated/α-hetero) is 1. The minimum atomic E-state index is -3.84. The van der Waals surface area contributed by atoms with Crippen LogP contribution >= 0.6 is 0 Å². The molecule has 0 saturated carbocycles. The highest BCUT2D eigenvalue weighted by Gasteiger charge is 2.43. The Balaban J connectivity index is 2.57. The highest BCUT2D eigenvalue weighted by atomic mass is 32.2. The van der Waals surface area contributed by atoms with E-state index in [1.54, 1.807) is 29.0 Å². The number of aromatic amines is 1. The van der Waals surface area contributed by atoms with Gasteiger partial charge in [0, 0.05) is 35.5 Å². The first kappa shape index (κ1) is 23.3. The molecule has 1 aromatic heterocycles. The molecule has 2 rings (SSSR count). The van der Waals surface area contributed by atoms with Crippen molar-refractivity contribution in [2.75, 3.05) is 6.54 Å². The zero-order chi connectivity index (χ0) is 21.8. The van der Waals surface area contributed by atoms with Gasteiger partial charge in [-0.2, -0.15) is 4.31 Å². The third-order valence-electron chi connectivity index (χ3n) is 5.23. The number of sulfonamides is 1. The number of hydrogen-bond acceptors (Lipinski definition) is 5. The van der Waals surface area contributed by atoms with Crippen LogP contribution in [0, 0.1) is 5.92 Å². The second-order valence-electron chi connectivity index (χ2n) is 8.32. The van der Waals surface area contributed by atoms with Gasteiger partial charge in [0.1, 0.15) is 0 Å². The predicted molar refractivity (Wildman–Crippen MR) is 114 cm³/mol. The van der Waals surface area contributed by atoms with Crippen LogP contribution in [0.25, 0.3) is 0 Å². The lowest BCUT2D eigenvalue weighted by Gasteiger charge is -2.44. The molecular weight excluding hydrogens is 388 g/mol. The molecule has 0 fully saturated rings. The van der Waals surface area contributed by atoms with Crippen molar-refractivity contribution in [1.29, 1.82) is 0 Å². The van der Waals surface area contributed by atoms with Gasteiger partial charge in [-0.25, -0.2) is 13.4 Å². The maximum Gasteiger partial charge on any atom is 0.243 e. The van der Waals surface area contributed by atoms with Crippen molar-refractivity contribution in [3.05, 3.63) is 48.0 Å². The highest BCUT2D eigenvalue weighted by molar-refractivity contribution is 7.89. The quantitative estimate of drug-likeness (QED) is 0.574. The second-order valence-corrected chi connectivity index (χ2v) is 10.1. The van der Waals surface area contributed by atoms with Gasteiger partial charge >= 0.3 is 0 Å². The maximum atomic E-state index is 13.8. The summed E-state index contributed by atoms with van der Waals surface area (Å²) in [5.74, 6) is -0.0461. The molecule has 1 unspecified atom stereocenters. The standard InChI is InChI=1S/C21H32N4O3S/c1-15(2)20(12-18-13-23-14-24-18)25(21(4,5)10-11-22)29(27,28)19-8-6-17(7-9-19)16(3)26/h6-9,13-15,20H,10-12,22H2,1-5H3,(H,23,24). The van der Waals surface area contributed by atoms with Crippen molar-refractivity contribution in [3.63, 3.8) is 0 Å². The number of hydrogen-bond donors (Lipinski definition) is 2. The van der Waals surface area contributed by atoms with E-state index in [9.17, 15) is 13.2 Å². The Morgan fingerprint density at radius 1 is 1.24 bits per heavy atom. The van der Waals surface area contributed by atoms with Crippen LogP contribution in [0.15, 0.2) is 41.7 Å². The van der Waals surface area contributed by atoms with Gasteiger partial charge in [-0.05, 0) is 51.8 Å². The molecule has 1 atom stereocenters. The topological polar surface area (TPSA) is 109 Å². The lowest BCUT2D eigenvalue weighted by atomic mass is 9.93. The van der Waals surface area contributed by atoms with Gasteiger partial charge in [0.05, 0.1) is 11.2 Å². The third kappa shape index (κ3) is 5.32. The molecule has 0 radical (unpaired) electrons. The van der Waals surface area contributed by atoms with E-state index in [1.807, 2.05) is 27.7 Å². The molecular formula is C21H32N4O3S. The number of ketones is 1. The number of nitrogens with zero attached hydrogens (tertiary/aromatic N) is 2. The molecule has 29 heavy (non-hydrogen) atoms. The molecule has 160 valence electrons. The molecule has 1 heterocycles. The summed E-state index contributed by atoms with van der Waals surface area (Å²) in [7, 11) is -3.84. The van der Waals surface area contributed by atoms with Crippen molar-refractivity contribution in [2.45, 2.75) is 63.9 Å². The summed E-state index contributed by atoms with van der Waals surface area (Å²) in [5.41, 5.74) is 6.49. The molecule has 0 bridgehead atoms. The Bertz CT molecular complexity index is 904. The number of carbonyl (C=O) groups is 1. The van der Waals surface area contributed by atoms with Crippen LogP contribution in [0.2, 0.25) is 0 Å². The first-order valence-electron chi connectivity index (χ1n) is 9.83. The number of rotatable bonds is 10. The number of imidazole rings is 1. The molecule has 0 aliphatic carbocycles. The number of H-pyrrole nitrogens is 1. The van der Waals surface area contributed by atoms with Crippen molar-refractivity contribution in [3.8, 4) is 0 Å². The summed E-state index contributed by atoms with van der Waals surface area (Å²) in [5, 5.41) is 0. The van der Waals surface area contributed by atoms with Gasteiger partial charge in [-0.3, -0.25) is 4.79 Å². The molecule has 0 aliphatic heterocycles. The monoisotopic (exact) mass is 420 g/mol. The van der Waals surface area contributed by atoms with E-state index >= 15 is 0 Å². The Morgan fingerprint density at radius 3 is 2.31 bits per heavy atom. The summed E-state index contributed by atoms with van der Waals surface area (Å²) >= 11 is 0. The maximum absolute atomic E-state index is 13.8. The van der Waals surface area contributed by atoms with Gasteiger partial charge in [0.25, 0.3) is 0 Å². The number of aromatic nitrogens is 2. The zero-order valence-electron chi connectivity index (χ0n) is 17.8. The smallest absolute Gasteiger partial charge is 0.243 e.